The summed E-state index contributed by atoms with van der Waals surface area (Å²) in [5.74, 6) is 1.57. The average molecular weight is 346 g/mol. The molecule has 6 heteroatoms. The van der Waals surface area contributed by atoms with Gasteiger partial charge in [-0.15, -0.1) is 11.3 Å². The molecule has 1 aromatic carbocycles. The van der Waals surface area contributed by atoms with Crippen LogP contribution in [0.1, 0.15) is 25.1 Å². The van der Waals surface area contributed by atoms with Crippen LogP contribution >= 0.6 is 11.3 Å². The number of aromatic nitrogens is 1. The maximum atomic E-state index is 11.9. The molecule has 2 rings (SSSR count). The van der Waals surface area contributed by atoms with E-state index in [9.17, 15) is 4.79 Å². The number of ether oxygens (including phenoxy) is 2. The SMILES string of the molecule is COc1cc(C=CC(=O)Nc2nc(C)cs2)ccc1OCC(C)C. The van der Waals surface area contributed by atoms with E-state index in [4.69, 9.17) is 9.47 Å². The maximum Gasteiger partial charge on any atom is 0.250 e. The summed E-state index contributed by atoms with van der Waals surface area (Å²) in [6.45, 7) is 6.69. The highest BCUT2D eigenvalue weighted by Crippen LogP contribution is 2.29. The van der Waals surface area contributed by atoms with E-state index in [1.54, 1.807) is 13.2 Å². The molecule has 0 aliphatic rings. The molecule has 0 aliphatic carbocycles. The minimum absolute atomic E-state index is 0.219. The number of aryl methyl sites for hydroxylation is 1. The van der Waals surface area contributed by atoms with E-state index in [2.05, 4.69) is 24.1 Å². The zero-order valence-corrected chi connectivity index (χ0v) is 15.1. The van der Waals surface area contributed by atoms with Crippen LogP contribution in [0.2, 0.25) is 0 Å². The van der Waals surface area contributed by atoms with Gasteiger partial charge in [0, 0.05) is 11.5 Å². The van der Waals surface area contributed by atoms with Crippen LogP contribution < -0.4 is 14.8 Å². The van der Waals surface area contributed by atoms with Crippen molar-refractivity contribution in [3.05, 3.63) is 40.9 Å². The van der Waals surface area contributed by atoms with Crippen LogP contribution in [0.15, 0.2) is 29.7 Å². The molecule has 0 bridgehead atoms. The molecule has 24 heavy (non-hydrogen) atoms. The smallest absolute Gasteiger partial charge is 0.250 e. The fourth-order valence-corrected chi connectivity index (χ4v) is 2.58. The summed E-state index contributed by atoms with van der Waals surface area (Å²) in [6.07, 6.45) is 3.20. The van der Waals surface area contributed by atoms with Crippen LogP contribution in [-0.4, -0.2) is 24.6 Å². The Labute approximate surface area is 146 Å². The number of nitrogens with one attached hydrogen (secondary N) is 1. The largest absolute Gasteiger partial charge is 0.493 e. The quantitative estimate of drug-likeness (QED) is 0.765. The van der Waals surface area contributed by atoms with Gasteiger partial charge in [-0.25, -0.2) is 4.98 Å². The molecule has 0 fully saturated rings. The third-order valence-corrected chi connectivity index (χ3v) is 3.91. The highest BCUT2D eigenvalue weighted by atomic mass is 32.1. The summed E-state index contributed by atoms with van der Waals surface area (Å²) in [5, 5.41) is 5.22. The minimum Gasteiger partial charge on any atom is -0.493 e. The van der Waals surface area contributed by atoms with E-state index in [1.807, 2.05) is 30.5 Å². The van der Waals surface area contributed by atoms with Gasteiger partial charge in [0.2, 0.25) is 5.91 Å². The summed E-state index contributed by atoms with van der Waals surface area (Å²) in [5.41, 5.74) is 1.75. The molecular weight excluding hydrogens is 324 g/mol. The molecule has 1 heterocycles. The number of anilines is 1. The van der Waals surface area contributed by atoms with Gasteiger partial charge < -0.3 is 9.47 Å². The Morgan fingerprint density at radius 2 is 2.17 bits per heavy atom. The third kappa shape index (κ3) is 5.38. The molecule has 0 saturated carbocycles. The first-order chi connectivity index (χ1) is 11.5. The lowest BCUT2D eigenvalue weighted by molar-refractivity contribution is -0.111. The summed E-state index contributed by atoms with van der Waals surface area (Å²) >= 11 is 1.40. The molecule has 1 aromatic heterocycles. The predicted molar refractivity (Wildman–Crippen MR) is 97.8 cm³/mol. The Morgan fingerprint density at radius 3 is 2.79 bits per heavy atom. The molecule has 0 spiro atoms. The van der Waals surface area contributed by atoms with Crippen molar-refractivity contribution in [2.45, 2.75) is 20.8 Å². The van der Waals surface area contributed by atoms with Crippen molar-refractivity contribution in [1.29, 1.82) is 0 Å². The van der Waals surface area contributed by atoms with Crippen LogP contribution in [0.4, 0.5) is 5.13 Å². The first-order valence-corrected chi connectivity index (χ1v) is 8.58. The number of benzene rings is 1. The van der Waals surface area contributed by atoms with Crippen molar-refractivity contribution in [2.75, 3.05) is 19.0 Å². The number of carbonyl (C=O) groups is 1. The molecule has 0 aliphatic heterocycles. The molecule has 0 atom stereocenters. The summed E-state index contributed by atoms with van der Waals surface area (Å²) in [7, 11) is 1.60. The van der Waals surface area contributed by atoms with Crippen LogP contribution in [0.3, 0.4) is 0 Å². The lowest BCUT2D eigenvalue weighted by atomic mass is 10.2. The summed E-state index contributed by atoms with van der Waals surface area (Å²) < 4.78 is 11.1. The molecule has 0 saturated heterocycles. The lowest BCUT2D eigenvalue weighted by Gasteiger charge is -2.12. The van der Waals surface area contributed by atoms with Gasteiger partial charge in [0.25, 0.3) is 0 Å². The highest BCUT2D eigenvalue weighted by molar-refractivity contribution is 7.13. The normalized spacial score (nSPS) is 11.0. The van der Waals surface area contributed by atoms with Gasteiger partial charge >= 0.3 is 0 Å². The third-order valence-electron chi connectivity index (χ3n) is 3.04. The molecule has 128 valence electrons. The number of nitrogens with zero attached hydrogens (tertiary/aromatic N) is 1. The van der Waals surface area contributed by atoms with Crippen LogP contribution in [0.5, 0.6) is 11.5 Å². The summed E-state index contributed by atoms with van der Waals surface area (Å²) in [6, 6.07) is 5.57. The number of carbonyl (C=O) groups excluding carboxylic acids is 1. The van der Waals surface area contributed by atoms with Gasteiger partial charge in [0.15, 0.2) is 16.6 Å². The second-order valence-electron chi connectivity index (χ2n) is 5.73. The Morgan fingerprint density at radius 1 is 1.38 bits per heavy atom. The lowest BCUT2D eigenvalue weighted by Crippen LogP contribution is -2.07. The number of hydrogen-bond donors (Lipinski definition) is 1. The molecular formula is C18H22N2O3S. The van der Waals surface area contributed by atoms with Crippen LogP contribution in [0.25, 0.3) is 6.08 Å². The number of hydrogen-bond acceptors (Lipinski definition) is 5. The van der Waals surface area contributed by atoms with Gasteiger partial charge in [-0.05, 0) is 36.6 Å². The Hall–Kier alpha value is -2.34. The molecule has 1 N–H and O–H groups in total. The second-order valence-corrected chi connectivity index (χ2v) is 6.59. The van der Waals surface area contributed by atoms with Crippen molar-refractivity contribution in [1.82, 2.24) is 4.98 Å². The van der Waals surface area contributed by atoms with Gasteiger partial charge in [-0.1, -0.05) is 19.9 Å². The topological polar surface area (TPSA) is 60.5 Å². The van der Waals surface area contributed by atoms with Crippen molar-refractivity contribution in [3.63, 3.8) is 0 Å². The van der Waals surface area contributed by atoms with Crippen molar-refractivity contribution in [2.24, 2.45) is 5.92 Å². The van der Waals surface area contributed by atoms with E-state index in [0.29, 0.717) is 29.2 Å². The van der Waals surface area contributed by atoms with E-state index >= 15 is 0 Å². The molecule has 2 aromatic rings. The fraction of sp³-hybridized carbons (Fsp3) is 0.333. The van der Waals surface area contributed by atoms with Crippen molar-refractivity contribution in [3.8, 4) is 11.5 Å². The number of methoxy groups -OCH3 is 1. The maximum absolute atomic E-state index is 11.9. The zero-order valence-electron chi connectivity index (χ0n) is 14.3. The first-order valence-electron chi connectivity index (χ1n) is 7.70. The Balaban J connectivity index is 2.02. The summed E-state index contributed by atoms with van der Waals surface area (Å²) in [4.78, 5) is 16.1. The van der Waals surface area contributed by atoms with E-state index in [-0.39, 0.29) is 5.91 Å². The fourth-order valence-electron chi connectivity index (χ4n) is 1.89. The predicted octanol–water partition coefficient (Wildman–Crippen LogP) is 4.15. The van der Waals surface area contributed by atoms with Crippen LogP contribution in [0, 0.1) is 12.8 Å². The van der Waals surface area contributed by atoms with Crippen LogP contribution in [-0.2, 0) is 4.79 Å². The molecule has 0 unspecified atom stereocenters. The molecule has 0 radical (unpaired) electrons. The average Bonchev–Trinajstić information content (AvgIpc) is 2.96. The molecule has 1 amide bonds. The number of rotatable bonds is 7. The van der Waals surface area contributed by atoms with E-state index < -0.39 is 0 Å². The second kappa shape index (κ2) is 8.49. The van der Waals surface area contributed by atoms with Gasteiger partial charge in [0.1, 0.15) is 0 Å². The van der Waals surface area contributed by atoms with Gasteiger partial charge in [-0.2, -0.15) is 0 Å². The first kappa shape index (κ1) is 18.0. The monoisotopic (exact) mass is 346 g/mol. The zero-order chi connectivity index (χ0) is 17.5. The van der Waals surface area contributed by atoms with Gasteiger partial charge in [0.05, 0.1) is 19.4 Å². The Kier molecular flexibility index (Phi) is 6.37. The number of amides is 1. The standard InChI is InChI=1S/C18H22N2O3S/c1-12(2)10-23-15-7-5-14(9-16(15)22-4)6-8-17(21)20-18-19-13(3)11-24-18/h5-9,11-12H,10H2,1-4H3,(H,19,20,21). The van der Waals surface area contributed by atoms with E-state index in [0.717, 1.165) is 11.3 Å². The van der Waals surface area contributed by atoms with Crippen molar-refractivity contribution < 1.29 is 14.3 Å². The molecule has 5 nitrogen and oxygen atoms in total. The number of thiazole rings is 1. The van der Waals surface area contributed by atoms with E-state index in [1.165, 1.54) is 17.4 Å². The Bertz CT molecular complexity index is 723. The minimum atomic E-state index is -0.219. The highest BCUT2D eigenvalue weighted by Gasteiger charge is 2.06. The van der Waals surface area contributed by atoms with Crippen molar-refractivity contribution >= 4 is 28.5 Å². The van der Waals surface area contributed by atoms with Gasteiger partial charge in [-0.3, -0.25) is 10.1 Å².